The molecule has 0 spiro atoms. The van der Waals surface area contributed by atoms with Crippen LogP contribution < -0.4 is 0 Å². The van der Waals surface area contributed by atoms with Gasteiger partial charge >= 0.3 is 0 Å². The van der Waals surface area contributed by atoms with Crippen LogP contribution in [0.15, 0.2) is 36.0 Å². The van der Waals surface area contributed by atoms with Gasteiger partial charge in [0.05, 0.1) is 25.9 Å². The van der Waals surface area contributed by atoms with Gasteiger partial charge in [-0.05, 0) is 143 Å². The standard InChI is InChI=1S/C53H94O4/c1-8-9-10-11-12-13-14-15-16-17-18-19-20-21-22-23-36-55-41-51(5,40-54)42-56-37-25-38-57-46-32-34-52(6)45(39-46)28-29-47-49-31-30-48(44(4)27-24-26-43(2)3)53(49,7)35-33-50(47)52/h12-13,15-16,28,43-44,46-50,54H,8-11,14,17-27,29-42H2,1-7H3/b13-12-,16-15-/t44?,46-,47?,48?,49?,50?,51?,52-,53+/m0/s1. The summed E-state index contributed by atoms with van der Waals surface area (Å²) in [6.07, 6.45) is 43.4. The Morgan fingerprint density at radius 3 is 2.14 bits per heavy atom. The third-order valence-electron chi connectivity index (χ3n) is 15.8. The Kier molecular flexibility index (Phi) is 22.0. The molecule has 0 bridgehead atoms. The van der Waals surface area contributed by atoms with Gasteiger partial charge in [-0.3, -0.25) is 0 Å². The number of aliphatic hydroxyl groups excluding tert-OH is 1. The molecule has 0 aliphatic heterocycles. The van der Waals surface area contributed by atoms with Crippen LogP contribution in [0.3, 0.4) is 0 Å². The molecule has 0 amide bonds. The minimum Gasteiger partial charge on any atom is -0.396 e. The Balaban J connectivity index is 1.03. The van der Waals surface area contributed by atoms with Crippen molar-refractivity contribution in [2.24, 2.45) is 51.8 Å². The minimum atomic E-state index is -0.347. The molecule has 4 nitrogen and oxygen atoms in total. The number of allylic oxidation sites excluding steroid dienone is 5. The topological polar surface area (TPSA) is 47.9 Å². The molecule has 4 aliphatic rings. The maximum absolute atomic E-state index is 10.1. The summed E-state index contributed by atoms with van der Waals surface area (Å²) in [6, 6.07) is 0. The third kappa shape index (κ3) is 15.2. The molecule has 3 fully saturated rings. The molecule has 330 valence electrons. The van der Waals surface area contributed by atoms with E-state index in [9.17, 15) is 5.11 Å². The first-order valence-corrected chi connectivity index (χ1v) is 24.9. The Morgan fingerprint density at radius 2 is 1.44 bits per heavy atom. The summed E-state index contributed by atoms with van der Waals surface area (Å²) in [7, 11) is 0. The second kappa shape index (κ2) is 25.7. The van der Waals surface area contributed by atoms with Crippen LogP contribution in [0.5, 0.6) is 0 Å². The van der Waals surface area contributed by atoms with Gasteiger partial charge in [-0.25, -0.2) is 0 Å². The first-order chi connectivity index (χ1) is 27.6. The SMILES string of the molecule is CCCCC/C=C\C/C=C\CCCCCCCCOCC(C)(CO)COCCCO[C@H]1CC[C@@]2(C)C(=CCC3C4CCC(C(C)CCCC(C)C)[C@@]4(C)CCC32)C1. The van der Waals surface area contributed by atoms with Crippen LogP contribution >= 0.6 is 0 Å². The Morgan fingerprint density at radius 1 is 0.754 bits per heavy atom. The summed E-state index contributed by atoms with van der Waals surface area (Å²) in [6.45, 7) is 20.4. The van der Waals surface area contributed by atoms with Gasteiger partial charge in [0.15, 0.2) is 0 Å². The van der Waals surface area contributed by atoms with Crippen molar-refractivity contribution in [2.75, 3.05) is 39.6 Å². The number of unbranched alkanes of at least 4 members (excludes halogenated alkanes) is 9. The highest BCUT2D eigenvalue weighted by Gasteiger charge is 2.59. The van der Waals surface area contributed by atoms with Crippen LogP contribution in [0.25, 0.3) is 0 Å². The maximum atomic E-state index is 10.1. The smallest absolute Gasteiger partial charge is 0.0612 e. The molecule has 0 aromatic carbocycles. The Labute approximate surface area is 354 Å². The highest BCUT2D eigenvalue weighted by Crippen LogP contribution is 2.67. The van der Waals surface area contributed by atoms with E-state index in [0.717, 1.165) is 74.4 Å². The predicted octanol–water partition coefficient (Wildman–Crippen LogP) is 14.6. The molecule has 3 saturated carbocycles. The molecule has 1 N–H and O–H groups in total. The molecule has 0 radical (unpaired) electrons. The van der Waals surface area contributed by atoms with Crippen molar-refractivity contribution in [1.29, 1.82) is 0 Å². The minimum absolute atomic E-state index is 0.0864. The van der Waals surface area contributed by atoms with Crippen molar-refractivity contribution in [3.63, 3.8) is 0 Å². The molecule has 0 aromatic rings. The average Bonchev–Trinajstić information content (AvgIpc) is 3.56. The van der Waals surface area contributed by atoms with Crippen LogP contribution in [0.2, 0.25) is 0 Å². The molecule has 9 atom stereocenters. The number of hydrogen-bond donors (Lipinski definition) is 1. The van der Waals surface area contributed by atoms with Crippen LogP contribution in [0, 0.1) is 51.8 Å². The molecule has 57 heavy (non-hydrogen) atoms. The van der Waals surface area contributed by atoms with Gasteiger partial charge in [0, 0.05) is 25.2 Å². The van der Waals surface area contributed by atoms with Gasteiger partial charge in [0.2, 0.25) is 0 Å². The molecule has 0 saturated heterocycles. The summed E-state index contributed by atoms with van der Waals surface area (Å²) in [5, 5.41) is 10.1. The van der Waals surface area contributed by atoms with Crippen LogP contribution in [-0.4, -0.2) is 50.9 Å². The fourth-order valence-electron chi connectivity index (χ4n) is 12.2. The highest BCUT2D eigenvalue weighted by molar-refractivity contribution is 5.25. The molecule has 0 heterocycles. The van der Waals surface area contributed by atoms with Crippen molar-refractivity contribution in [2.45, 2.75) is 209 Å². The van der Waals surface area contributed by atoms with Gasteiger partial charge in [0.1, 0.15) is 0 Å². The first kappa shape index (κ1) is 48.7. The van der Waals surface area contributed by atoms with Crippen molar-refractivity contribution in [3.8, 4) is 0 Å². The maximum Gasteiger partial charge on any atom is 0.0612 e. The number of fused-ring (bicyclic) bond motifs is 5. The van der Waals surface area contributed by atoms with Gasteiger partial charge in [0.25, 0.3) is 0 Å². The normalized spacial score (nSPS) is 30.4. The number of rotatable bonds is 30. The number of ether oxygens (including phenoxy) is 3. The summed E-state index contributed by atoms with van der Waals surface area (Å²) in [5.41, 5.74) is 2.32. The van der Waals surface area contributed by atoms with Gasteiger partial charge in [-0.1, -0.05) is 142 Å². The van der Waals surface area contributed by atoms with E-state index in [1.807, 2.05) is 0 Å². The molecular formula is C53H94O4. The average molecular weight is 795 g/mol. The molecule has 4 heteroatoms. The lowest BCUT2D eigenvalue weighted by atomic mass is 9.47. The van der Waals surface area contributed by atoms with Crippen molar-refractivity contribution in [1.82, 2.24) is 0 Å². The van der Waals surface area contributed by atoms with Crippen molar-refractivity contribution < 1.29 is 19.3 Å². The summed E-state index contributed by atoms with van der Waals surface area (Å²) in [4.78, 5) is 0. The van der Waals surface area contributed by atoms with E-state index in [4.69, 9.17) is 14.2 Å². The highest BCUT2D eigenvalue weighted by atomic mass is 16.5. The van der Waals surface area contributed by atoms with Gasteiger partial charge in [-0.2, -0.15) is 0 Å². The van der Waals surface area contributed by atoms with Crippen molar-refractivity contribution in [3.05, 3.63) is 36.0 Å². The lowest BCUT2D eigenvalue weighted by molar-refractivity contribution is -0.0671. The number of hydrogen-bond acceptors (Lipinski definition) is 4. The first-order valence-electron chi connectivity index (χ1n) is 24.9. The van der Waals surface area contributed by atoms with E-state index < -0.39 is 0 Å². The van der Waals surface area contributed by atoms with Gasteiger partial charge in [-0.15, -0.1) is 0 Å². The summed E-state index contributed by atoms with van der Waals surface area (Å²) >= 11 is 0. The summed E-state index contributed by atoms with van der Waals surface area (Å²) < 4.78 is 18.6. The largest absolute Gasteiger partial charge is 0.396 e. The zero-order valence-electron chi connectivity index (χ0n) is 38.8. The second-order valence-electron chi connectivity index (χ2n) is 21.0. The van der Waals surface area contributed by atoms with Crippen LogP contribution in [-0.2, 0) is 14.2 Å². The van der Waals surface area contributed by atoms with E-state index in [1.165, 1.54) is 128 Å². The predicted molar refractivity (Wildman–Crippen MR) is 244 cm³/mol. The van der Waals surface area contributed by atoms with Crippen LogP contribution in [0.4, 0.5) is 0 Å². The lowest BCUT2D eigenvalue weighted by Gasteiger charge is -2.58. The zero-order valence-corrected chi connectivity index (χ0v) is 38.8. The number of aliphatic hydroxyl groups is 1. The molecular weight excluding hydrogens is 701 g/mol. The Hall–Kier alpha value is -0.940. The fourth-order valence-corrected chi connectivity index (χ4v) is 12.2. The molecule has 4 rings (SSSR count). The molecule has 6 unspecified atom stereocenters. The second-order valence-corrected chi connectivity index (χ2v) is 21.0. The summed E-state index contributed by atoms with van der Waals surface area (Å²) in [5.74, 6) is 5.35. The van der Waals surface area contributed by atoms with Crippen molar-refractivity contribution >= 4 is 0 Å². The van der Waals surface area contributed by atoms with Gasteiger partial charge < -0.3 is 19.3 Å². The molecule has 0 aromatic heterocycles. The third-order valence-corrected chi connectivity index (χ3v) is 15.8. The van der Waals surface area contributed by atoms with E-state index in [1.54, 1.807) is 5.57 Å². The monoisotopic (exact) mass is 795 g/mol. The van der Waals surface area contributed by atoms with E-state index >= 15 is 0 Å². The molecule has 4 aliphatic carbocycles. The lowest BCUT2D eigenvalue weighted by Crippen LogP contribution is -2.51. The van der Waals surface area contributed by atoms with E-state index in [2.05, 4.69) is 78.8 Å². The quantitative estimate of drug-likeness (QED) is 0.0581. The fraction of sp³-hybridized carbons (Fsp3) is 0.887. The Bertz CT molecular complexity index is 1170. The van der Waals surface area contributed by atoms with E-state index in [0.29, 0.717) is 36.8 Å². The van der Waals surface area contributed by atoms with E-state index in [-0.39, 0.29) is 12.0 Å². The van der Waals surface area contributed by atoms with Crippen LogP contribution in [0.1, 0.15) is 203 Å². The zero-order chi connectivity index (χ0) is 41.0.